The van der Waals surface area contributed by atoms with Crippen LogP contribution >= 0.6 is 12.4 Å². The number of halogens is 1. The standard InChI is InChI=1S/C20H30N4O2.ClH/c1-12-4-2-5-13(8-12)17(23-20(22)26)11-18(25)24-19-14-6-3-7-15(19)10-16(21)9-14;/h2,4-5,8,14-17,19H,3,6-7,9-11,21H2,1H3,(H,24,25)(H3,22,23,26);1H. The highest BCUT2D eigenvalue weighted by Gasteiger charge is 2.40. The number of hydrogen-bond donors (Lipinski definition) is 4. The van der Waals surface area contributed by atoms with E-state index in [0.29, 0.717) is 11.8 Å². The fourth-order valence-electron chi connectivity index (χ4n) is 4.77. The third-order valence-corrected chi connectivity index (χ3v) is 5.85. The first-order valence-corrected chi connectivity index (χ1v) is 9.60. The van der Waals surface area contributed by atoms with Gasteiger partial charge in [-0.2, -0.15) is 0 Å². The number of amides is 3. The van der Waals surface area contributed by atoms with Gasteiger partial charge in [0.25, 0.3) is 0 Å². The Morgan fingerprint density at radius 2 is 1.89 bits per heavy atom. The van der Waals surface area contributed by atoms with E-state index in [2.05, 4.69) is 10.6 Å². The maximum absolute atomic E-state index is 12.7. The fraction of sp³-hybridized carbons (Fsp3) is 0.600. The molecule has 2 bridgehead atoms. The highest BCUT2D eigenvalue weighted by atomic mass is 35.5. The van der Waals surface area contributed by atoms with Crippen molar-refractivity contribution in [1.82, 2.24) is 10.6 Å². The van der Waals surface area contributed by atoms with Crippen molar-refractivity contribution in [3.05, 3.63) is 35.4 Å². The monoisotopic (exact) mass is 394 g/mol. The van der Waals surface area contributed by atoms with E-state index in [1.54, 1.807) is 0 Å². The Bertz CT molecular complexity index is 655. The van der Waals surface area contributed by atoms with Crippen LogP contribution in [-0.2, 0) is 4.79 Å². The normalized spacial score (nSPS) is 27.8. The van der Waals surface area contributed by atoms with E-state index in [-0.39, 0.29) is 36.8 Å². The molecule has 0 radical (unpaired) electrons. The van der Waals surface area contributed by atoms with Gasteiger partial charge in [-0.1, -0.05) is 36.2 Å². The molecule has 3 rings (SSSR count). The molecule has 0 aliphatic heterocycles. The van der Waals surface area contributed by atoms with Crippen LogP contribution < -0.4 is 22.1 Å². The van der Waals surface area contributed by atoms with Gasteiger partial charge in [0.1, 0.15) is 0 Å². The zero-order chi connectivity index (χ0) is 18.7. The van der Waals surface area contributed by atoms with E-state index < -0.39 is 12.1 Å². The highest BCUT2D eigenvalue weighted by Crippen LogP contribution is 2.39. The molecule has 6 nitrogen and oxygen atoms in total. The SMILES string of the molecule is Cc1cccc(C(CC(=O)NC2C3CCCC2CC(N)C3)NC(N)=O)c1.Cl. The average molecular weight is 395 g/mol. The lowest BCUT2D eigenvalue weighted by Gasteiger charge is -2.45. The summed E-state index contributed by atoms with van der Waals surface area (Å²) in [5.74, 6) is 0.911. The van der Waals surface area contributed by atoms with Gasteiger partial charge in [-0.05, 0) is 50.0 Å². The number of fused-ring (bicyclic) bond motifs is 2. The van der Waals surface area contributed by atoms with Crippen molar-refractivity contribution in [1.29, 1.82) is 0 Å². The van der Waals surface area contributed by atoms with E-state index >= 15 is 0 Å². The van der Waals surface area contributed by atoms with Gasteiger partial charge in [0.2, 0.25) is 5.91 Å². The Balaban J connectivity index is 0.00000261. The summed E-state index contributed by atoms with van der Waals surface area (Å²) < 4.78 is 0. The number of primary amides is 1. The maximum Gasteiger partial charge on any atom is 0.312 e. The smallest absolute Gasteiger partial charge is 0.312 e. The van der Waals surface area contributed by atoms with Gasteiger partial charge in [0, 0.05) is 12.1 Å². The molecule has 6 N–H and O–H groups in total. The second-order valence-corrected chi connectivity index (χ2v) is 7.96. The number of nitrogens with one attached hydrogen (secondary N) is 2. The molecule has 0 spiro atoms. The van der Waals surface area contributed by atoms with E-state index in [1.165, 1.54) is 6.42 Å². The first-order valence-electron chi connectivity index (χ1n) is 9.60. The molecule has 1 aromatic rings. The molecule has 2 aliphatic carbocycles. The zero-order valence-corrected chi connectivity index (χ0v) is 16.6. The van der Waals surface area contributed by atoms with Gasteiger partial charge in [-0.3, -0.25) is 4.79 Å². The van der Waals surface area contributed by atoms with Crippen molar-refractivity contribution in [2.45, 2.75) is 63.6 Å². The predicted octanol–water partition coefficient (Wildman–Crippen LogP) is 2.54. The minimum absolute atomic E-state index is 0. The summed E-state index contributed by atoms with van der Waals surface area (Å²) in [6.07, 6.45) is 5.66. The van der Waals surface area contributed by atoms with Crippen LogP contribution in [-0.4, -0.2) is 24.0 Å². The number of aryl methyl sites for hydroxylation is 1. The Morgan fingerprint density at radius 1 is 1.22 bits per heavy atom. The molecular formula is C20H31ClN4O2. The van der Waals surface area contributed by atoms with Gasteiger partial charge in [0.15, 0.2) is 0 Å². The van der Waals surface area contributed by atoms with E-state index in [9.17, 15) is 9.59 Å². The number of carbonyl (C=O) groups excluding carboxylic acids is 2. The molecule has 2 saturated carbocycles. The summed E-state index contributed by atoms with van der Waals surface area (Å²) in [5, 5.41) is 5.95. The molecule has 3 atom stereocenters. The topological polar surface area (TPSA) is 110 Å². The molecule has 2 fully saturated rings. The molecule has 150 valence electrons. The second kappa shape index (κ2) is 9.42. The van der Waals surface area contributed by atoms with Gasteiger partial charge in [-0.25, -0.2) is 4.79 Å². The molecule has 7 heteroatoms. The van der Waals surface area contributed by atoms with Gasteiger partial charge in [0.05, 0.1) is 12.5 Å². The average Bonchev–Trinajstić information content (AvgIpc) is 2.54. The number of carbonyl (C=O) groups is 2. The lowest BCUT2D eigenvalue weighted by atomic mass is 9.67. The van der Waals surface area contributed by atoms with Crippen LogP contribution in [0.5, 0.6) is 0 Å². The van der Waals surface area contributed by atoms with Crippen LogP contribution in [0, 0.1) is 18.8 Å². The molecule has 1 aromatic carbocycles. The fourth-order valence-corrected chi connectivity index (χ4v) is 4.77. The Morgan fingerprint density at radius 3 is 2.48 bits per heavy atom. The summed E-state index contributed by atoms with van der Waals surface area (Å²) in [5.41, 5.74) is 13.5. The van der Waals surface area contributed by atoms with Crippen LogP contribution in [0.1, 0.15) is 55.7 Å². The molecule has 3 amide bonds. The largest absolute Gasteiger partial charge is 0.353 e. The van der Waals surface area contributed by atoms with E-state index in [4.69, 9.17) is 11.5 Å². The molecule has 0 aromatic heterocycles. The first-order chi connectivity index (χ1) is 12.4. The molecule has 3 unspecified atom stereocenters. The molecule has 27 heavy (non-hydrogen) atoms. The van der Waals surface area contributed by atoms with Crippen molar-refractivity contribution in [3.63, 3.8) is 0 Å². The Kier molecular flexibility index (Phi) is 7.50. The maximum atomic E-state index is 12.7. The number of rotatable bonds is 5. The summed E-state index contributed by atoms with van der Waals surface area (Å²) in [6, 6.07) is 7.22. The van der Waals surface area contributed by atoms with Crippen LogP contribution in [0.3, 0.4) is 0 Å². The van der Waals surface area contributed by atoms with Crippen molar-refractivity contribution >= 4 is 24.3 Å². The Labute approximate surface area is 167 Å². The summed E-state index contributed by atoms with van der Waals surface area (Å²) in [6.45, 7) is 1.98. The van der Waals surface area contributed by atoms with Crippen LogP contribution in [0.25, 0.3) is 0 Å². The van der Waals surface area contributed by atoms with Crippen LogP contribution in [0.15, 0.2) is 24.3 Å². The second-order valence-electron chi connectivity index (χ2n) is 7.96. The minimum Gasteiger partial charge on any atom is -0.353 e. The molecule has 0 saturated heterocycles. The lowest BCUT2D eigenvalue weighted by molar-refractivity contribution is -0.123. The van der Waals surface area contributed by atoms with Gasteiger partial charge >= 0.3 is 6.03 Å². The third-order valence-electron chi connectivity index (χ3n) is 5.85. The summed E-state index contributed by atoms with van der Waals surface area (Å²) in [7, 11) is 0. The first kappa shape index (κ1) is 21.5. The molecular weight excluding hydrogens is 364 g/mol. The van der Waals surface area contributed by atoms with Crippen LogP contribution in [0.4, 0.5) is 4.79 Å². The quantitative estimate of drug-likeness (QED) is 0.615. The number of nitrogens with two attached hydrogens (primary N) is 2. The van der Waals surface area contributed by atoms with Crippen molar-refractivity contribution in [2.24, 2.45) is 23.3 Å². The highest BCUT2D eigenvalue weighted by molar-refractivity contribution is 5.85. The number of hydrogen-bond acceptors (Lipinski definition) is 3. The summed E-state index contributed by atoms with van der Waals surface area (Å²) >= 11 is 0. The third kappa shape index (κ3) is 5.59. The predicted molar refractivity (Wildman–Crippen MR) is 108 cm³/mol. The van der Waals surface area contributed by atoms with Crippen molar-refractivity contribution in [3.8, 4) is 0 Å². The number of benzene rings is 1. The van der Waals surface area contributed by atoms with E-state index in [0.717, 1.165) is 36.8 Å². The minimum atomic E-state index is -0.621. The van der Waals surface area contributed by atoms with Crippen LogP contribution in [0.2, 0.25) is 0 Å². The van der Waals surface area contributed by atoms with Gasteiger partial charge in [-0.15, -0.1) is 12.4 Å². The summed E-state index contributed by atoms with van der Waals surface area (Å²) in [4.78, 5) is 24.1. The molecule has 0 heterocycles. The lowest BCUT2D eigenvalue weighted by Crippen LogP contribution is -2.54. The molecule has 2 aliphatic rings. The van der Waals surface area contributed by atoms with Crippen molar-refractivity contribution < 1.29 is 9.59 Å². The number of urea groups is 1. The van der Waals surface area contributed by atoms with Gasteiger partial charge < -0.3 is 22.1 Å². The van der Waals surface area contributed by atoms with Crippen molar-refractivity contribution in [2.75, 3.05) is 0 Å². The van der Waals surface area contributed by atoms with E-state index in [1.807, 2.05) is 31.2 Å². The Hall–Kier alpha value is -1.79. The zero-order valence-electron chi connectivity index (χ0n) is 15.8.